The molecule has 2 amide bonds. The molecule has 0 saturated heterocycles. The molecule has 0 atom stereocenters. The molecule has 4 rings (SSSR count). The standard InChI is InChI=1S/C25H23N3O4/c1-3-32-19-10-8-18(9-11-19)22-23(27-20-6-4-5-7-21(20)31-2)25(30)28(24(22)29)16-17-12-14-26-15-13-17/h4-15,27H,3,16H2,1-2H3. The lowest BCUT2D eigenvalue weighted by Gasteiger charge is -2.15. The van der Waals surface area contributed by atoms with E-state index in [1.807, 2.05) is 19.1 Å². The molecule has 0 spiro atoms. The van der Waals surface area contributed by atoms with E-state index in [2.05, 4.69) is 10.3 Å². The van der Waals surface area contributed by atoms with Crippen LogP contribution in [0.25, 0.3) is 5.57 Å². The van der Waals surface area contributed by atoms with Crippen molar-refractivity contribution in [1.29, 1.82) is 0 Å². The average molecular weight is 429 g/mol. The maximum absolute atomic E-state index is 13.4. The van der Waals surface area contributed by atoms with Gasteiger partial charge in [-0.3, -0.25) is 19.5 Å². The molecule has 0 saturated carbocycles. The predicted octanol–water partition coefficient (Wildman–Crippen LogP) is 3.88. The van der Waals surface area contributed by atoms with Gasteiger partial charge in [0.05, 0.1) is 31.5 Å². The van der Waals surface area contributed by atoms with E-state index in [1.54, 1.807) is 68.0 Å². The lowest BCUT2D eigenvalue weighted by Crippen LogP contribution is -2.32. The Balaban J connectivity index is 1.75. The van der Waals surface area contributed by atoms with Crippen LogP contribution in [0.5, 0.6) is 11.5 Å². The normalized spacial score (nSPS) is 13.5. The molecule has 1 N–H and O–H groups in total. The molecule has 0 radical (unpaired) electrons. The van der Waals surface area contributed by atoms with Crippen LogP contribution in [0.3, 0.4) is 0 Å². The number of ether oxygens (including phenoxy) is 2. The second kappa shape index (κ2) is 9.34. The molecule has 1 aromatic heterocycles. The van der Waals surface area contributed by atoms with Crippen molar-refractivity contribution in [2.75, 3.05) is 19.0 Å². The van der Waals surface area contributed by atoms with Crippen molar-refractivity contribution in [3.05, 3.63) is 89.9 Å². The number of benzene rings is 2. The van der Waals surface area contributed by atoms with Crippen LogP contribution in [0.15, 0.2) is 78.8 Å². The van der Waals surface area contributed by atoms with E-state index < -0.39 is 5.91 Å². The first-order valence-corrected chi connectivity index (χ1v) is 10.2. The van der Waals surface area contributed by atoms with Gasteiger partial charge in [-0.2, -0.15) is 0 Å². The molecule has 2 aromatic carbocycles. The minimum atomic E-state index is -0.401. The van der Waals surface area contributed by atoms with Gasteiger partial charge >= 0.3 is 0 Å². The maximum Gasteiger partial charge on any atom is 0.278 e. The fourth-order valence-electron chi connectivity index (χ4n) is 3.54. The molecule has 162 valence electrons. The van der Waals surface area contributed by atoms with Crippen LogP contribution < -0.4 is 14.8 Å². The number of amides is 2. The summed E-state index contributed by atoms with van der Waals surface area (Å²) in [5, 5.41) is 3.14. The van der Waals surface area contributed by atoms with Gasteiger partial charge in [-0.1, -0.05) is 24.3 Å². The average Bonchev–Trinajstić information content (AvgIpc) is 3.05. The summed E-state index contributed by atoms with van der Waals surface area (Å²) < 4.78 is 10.9. The van der Waals surface area contributed by atoms with E-state index in [0.717, 1.165) is 5.56 Å². The van der Waals surface area contributed by atoms with Gasteiger partial charge in [0.25, 0.3) is 11.8 Å². The minimum absolute atomic E-state index is 0.151. The molecular formula is C25H23N3O4. The zero-order valence-corrected chi connectivity index (χ0v) is 17.9. The Kier molecular flexibility index (Phi) is 6.17. The highest BCUT2D eigenvalue weighted by atomic mass is 16.5. The zero-order valence-electron chi connectivity index (χ0n) is 17.9. The van der Waals surface area contributed by atoms with Crippen LogP contribution >= 0.6 is 0 Å². The smallest absolute Gasteiger partial charge is 0.278 e. The van der Waals surface area contributed by atoms with Crippen molar-refractivity contribution in [3.63, 3.8) is 0 Å². The molecule has 2 heterocycles. The number of nitrogens with one attached hydrogen (secondary N) is 1. The van der Waals surface area contributed by atoms with Crippen LogP contribution in [-0.2, 0) is 16.1 Å². The third kappa shape index (κ3) is 4.18. The Hall–Kier alpha value is -4.13. The molecule has 7 nitrogen and oxygen atoms in total. The zero-order chi connectivity index (χ0) is 22.5. The topological polar surface area (TPSA) is 80.8 Å². The molecule has 0 bridgehead atoms. The van der Waals surface area contributed by atoms with Gasteiger partial charge in [0.2, 0.25) is 0 Å². The molecule has 1 aliphatic rings. The number of aromatic nitrogens is 1. The summed E-state index contributed by atoms with van der Waals surface area (Å²) in [6.07, 6.45) is 3.27. The van der Waals surface area contributed by atoms with Crippen molar-refractivity contribution in [2.45, 2.75) is 13.5 Å². The first kappa shape index (κ1) is 21.1. The summed E-state index contributed by atoms with van der Waals surface area (Å²) in [6.45, 7) is 2.60. The molecule has 7 heteroatoms. The highest BCUT2D eigenvalue weighted by Gasteiger charge is 2.39. The number of nitrogens with zero attached hydrogens (tertiary/aromatic N) is 2. The lowest BCUT2D eigenvalue weighted by molar-refractivity contribution is -0.137. The molecule has 3 aromatic rings. The van der Waals surface area contributed by atoms with Gasteiger partial charge in [-0.25, -0.2) is 0 Å². The Labute approximate surface area is 186 Å². The molecule has 0 unspecified atom stereocenters. The summed E-state index contributed by atoms with van der Waals surface area (Å²) in [5.41, 5.74) is 2.55. The van der Waals surface area contributed by atoms with Crippen LogP contribution in [0, 0.1) is 0 Å². The lowest BCUT2D eigenvalue weighted by atomic mass is 10.0. The fraction of sp³-hybridized carbons (Fsp3) is 0.160. The van der Waals surface area contributed by atoms with E-state index in [-0.39, 0.29) is 18.1 Å². The Morgan fingerprint density at radius 3 is 2.34 bits per heavy atom. The summed E-state index contributed by atoms with van der Waals surface area (Å²) in [7, 11) is 1.56. The van der Waals surface area contributed by atoms with Crippen LogP contribution in [-0.4, -0.2) is 35.4 Å². The first-order chi connectivity index (χ1) is 15.6. The Morgan fingerprint density at radius 2 is 1.66 bits per heavy atom. The predicted molar refractivity (Wildman–Crippen MR) is 121 cm³/mol. The number of rotatable bonds is 8. The third-order valence-corrected chi connectivity index (χ3v) is 5.08. The number of carbonyl (C=O) groups excluding carboxylic acids is 2. The number of anilines is 1. The molecule has 0 aliphatic carbocycles. The van der Waals surface area contributed by atoms with Crippen LogP contribution in [0.4, 0.5) is 5.69 Å². The molecule has 32 heavy (non-hydrogen) atoms. The maximum atomic E-state index is 13.4. The largest absolute Gasteiger partial charge is 0.495 e. The number of imide groups is 1. The minimum Gasteiger partial charge on any atom is -0.495 e. The van der Waals surface area contributed by atoms with Crippen molar-refractivity contribution in [2.24, 2.45) is 0 Å². The summed E-state index contributed by atoms with van der Waals surface area (Å²) >= 11 is 0. The summed E-state index contributed by atoms with van der Waals surface area (Å²) in [6, 6.07) is 18.0. The second-order valence-electron chi connectivity index (χ2n) is 7.08. The van der Waals surface area contributed by atoms with E-state index >= 15 is 0 Å². The van der Waals surface area contributed by atoms with Gasteiger partial charge < -0.3 is 14.8 Å². The van der Waals surface area contributed by atoms with Crippen LogP contribution in [0.2, 0.25) is 0 Å². The van der Waals surface area contributed by atoms with E-state index in [9.17, 15) is 9.59 Å². The monoisotopic (exact) mass is 429 g/mol. The van der Waals surface area contributed by atoms with Crippen molar-refractivity contribution in [3.8, 4) is 11.5 Å². The van der Waals surface area contributed by atoms with Gasteiger partial charge in [0.15, 0.2) is 0 Å². The second-order valence-corrected chi connectivity index (χ2v) is 7.08. The number of para-hydroxylation sites is 2. The first-order valence-electron chi connectivity index (χ1n) is 10.2. The molecule has 1 aliphatic heterocycles. The van der Waals surface area contributed by atoms with Gasteiger partial charge in [-0.05, 0) is 54.4 Å². The number of hydrogen-bond acceptors (Lipinski definition) is 6. The number of pyridine rings is 1. The number of methoxy groups -OCH3 is 1. The third-order valence-electron chi connectivity index (χ3n) is 5.08. The highest BCUT2D eigenvalue weighted by Crippen LogP contribution is 2.34. The quantitative estimate of drug-likeness (QED) is 0.548. The summed E-state index contributed by atoms with van der Waals surface area (Å²) in [4.78, 5) is 32.0. The Morgan fingerprint density at radius 1 is 0.938 bits per heavy atom. The van der Waals surface area contributed by atoms with Crippen molar-refractivity contribution in [1.82, 2.24) is 9.88 Å². The van der Waals surface area contributed by atoms with E-state index in [0.29, 0.717) is 34.9 Å². The van der Waals surface area contributed by atoms with Gasteiger partial charge in [0.1, 0.15) is 17.2 Å². The number of hydrogen-bond donors (Lipinski definition) is 1. The Bertz CT molecular complexity index is 1160. The van der Waals surface area contributed by atoms with E-state index in [1.165, 1.54) is 4.90 Å². The van der Waals surface area contributed by atoms with Crippen molar-refractivity contribution < 1.29 is 19.1 Å². The molecular weight excluding hydrogens is 406 g/mol. The number of carbonyl (C=O) groups is 2. The molecule has 0 fully saturated rings. The summed E-state index contributed by atoms with van der Waals surface area (Å²) in [5.74, 6) is 0.496. The van der Waals surface area contributed by atoms with E-state index in [4.69, 9.17) is 9.47 Å². The van der Waals surface area contributed by atoms with Gasteiger partial charge in [-0.15, -0.1) is 0 Å². The van der Waals surface area contributed by atoms with Crippen LogP contribution in [0.1, 0.15) is 18.1 Å². The highest BCUT2D eigenvalue weighted by molar-refractivity contribution is 6.36. The van der Waals surface area contributed by atoms with Crippen molar-refractivity contribution >= 4 is 23.1 Å². The fourth-order valence-corrected chi connectivity index (χ4v) is 3.54. The van der Waals surface area contributed by atoms with Gasteiger partial charge in [0, 0.05) is 12.4 Å². The SMILES string of the molecule is CCOc1ccc(C2=C(Nc3ccccc3OC)C(=O)N(Cc3ccncc3)C2=O)cc1.